The minimum Gasteiger partial charge on any atom is -0.507 e. The number of hydrogen-bond donors (Lipinski definition) is 1. The summed E-state index contributed by atoms with van der Waals surface area (Å²) >= 11 is 3.80. The van der Waals surface area contributed by atoms with Crippen LogP contribution in [0.1, 0.15) is 176 Å². The average Bonchev–Trinajstić information content (AvgIpc) is 3.23. The van der Waals surface area contributed by atoms with E-state index in [1.54, 1.807) is 26.0 Å². The van der Waals surface area contributed by atoms with Crippen LogP contribution < -0.4 is 4.74 Å². The molecule has 0 saturated heterocycles. The third-order valence-electron chi connectivity index (χ3n) is 11.1. The summed E-state index contributed by atoms with van der Waals surface area (Å²) < 4.78 is 11.7. The summed E-state index contributed by atoms with van der Waals surface area (Å²) in [7, 11) is 0. The van der Waals surface area contributed by atoms with Gasteiger partial charge in [-0.3, -0.25) is 9.59 Å². The average molecular weight is 935 g/mol. The van der Waals surface area contributed by atoms with Crippen LogP contribution in [0.15, 0.2) is 70.5 Å². The lowest BCUT2D eigenvalue weighted by Gasteiger charge is -2.30. The first-order valence-electron chi connectivity index (χ1n) is 23.7. The van der Waals surface area contributed by atoms with E-state index in [4.69, 9.17) is 9.47 Å². The van der Waals surface area contributed by atoms with Gasteiger partial charge in [0.25, 0.3) is 0 Å². The Kier molecular flexibility index (Phi) is 22.1. The highest BCUT2D eigenvalue weighted by Gasteiger charge is 2.35. The molecule has 0 heterocycles. The fourth-order valence-electron chi connectivity index (χ4n) is 7.61. The van der Waals surface area contributed by atoms with E-state index >= 15 is 0 Å². The summed E-state index contributed by atoms with van der Waals surface area (Å²) in [5, 5.41) is 9.88. The topological polar surface area (TPSA) is 89.9 Å². The van der Waals surface area contributed by atoms with Crippen LogP contribution >= 0.6 is 23.5 Å². The van der Waals surface area contributed by atoms with Crippen LogP contribution in [0.5, 0.6) is 11.5 Å². The molecule has 4 rings (SSSR count). The Morgan fingerprint density at radius 3 is 1.24 bits per heavy atom. The Morgan fingerprint density at radius 1 is 0.530 bits per heavy atom. The van der Waals surface area contributed by atoms with Gasteiger partial charge in [-0.05, 0) is 231 Å². The molecule has 1 N–H and O–H groups in total. The lowest BCUT2D eigenvalue weighted by atomic mass is 10.0. The summed E-state index contributed by atoms with van der Waals surface area (Å²) in [5.41, 5.74) is 9.62. The van der Waals surface area contributed by atoms with E-state index < -0.39 is 17.2 Å². The van der Waals surface area contributed by atoms with Crippen LogP contribution in [0.2, 0.25) is 0 Å². The first-order chi connectivity index (χ1) is 31.0. The van der Waals surface area contributed by atoms with Gasteiger partial charge in [-0.1, -0.05) is 64.5 Å². The van der Waals surface area contributed by atoms with E-state index in [2.05, 4.69) is 41.5 Å². The maximum Gasteiger partial charge on any atom is 0.350 e. The molecular weight excluding hydrogens is 857 g/mol. The summed E-state index contributed by atoms with van der Waals surface area (Å²) in [6.45, 7) is 29.4. The SMILES string of the molecule is CCCCCCSc1c(C)cc(C(=O)/C=C/c2cc(C)c(O)c(C)c2)cc1C.CCCCCCSc1c(C)cc(C(=O)/C=C/c2cc(C)c(OC(C)(C)C(=O)OC(C)(C)C)c(C)c2)cc1C. The molecule has 0 bridgehead atoms. The Hall–Kier alpha value is -4.53. The maximum atomic E-state index is 13.0. The van der Waals surface area contributed by atoms with Gasteiger partial charge >= 0.3 is 5.97 Å². The first kappa shape index (κ1) is 55.8. The van der Waals surface area contributed by atoms with E-state index in [0.717, 1.165) is 61.6 Å². The smallest absolute Gasteiger partial charge is 0.350 e. The summed E-state index contributed by atoms with van der Waals surface area (Å²) in [6, 6.07) is 15.7. The Labute approximate surface area is 406 Å². The minimum absolute atomic E-state index is 0.00840. The fraction of sp³-hybridized carbons (Fsp3) is 0.466. The summed E-state index contributed by atoms with van der Waals surface area (Å²) in [6.07, 6.45) is 17.0. The number of allylic oxidation sites excluding steroid dienone is 2. The molecule has 358 valence electrons. The number of thioether (sulfide) groups is 2. The number of carbonyl (C=O) groups excluding carboxylic acids is 3. The number of aryl methyl sites for hydroxylation is 8. The zero-order valence-corrected chi connectivity index (χ0v) is 44.4. The van der Waals surface area contributed by atoms with Crippen molar-refractivity contribution in [2.45, 2.75) is 176 Å². The molecule has 0 aliphatic heterocycles. The van der Waals surface area contributed by atoms with E-state index in [0.29, 0.717) is 17.1 Å². The van der Waals surface area contributed by atoms with Crippen molar-refractivity contribution in [1.82, 2.24) is 0 Å². The third-order valence-corrected chi connectivity index (χ3v) is 13.9. The largest absolute Gasteiger partial charge is 0.507 e. The number of hydrogen-bond acceptors (Lipinski definition) is 8. The first-order valence-corrected chi connectivity index (χ1v) is 25.7. The van der Waals surface area contributed by atoms with E-state index in [-0.39, 0.29) is 11.6 Å². The number of esters is 1. The quantitative estimate of drug-likeness (QED) is 0.0291. The monoisotopic (exact) mass is 935 g/mol. The van der Waals surface area contributed by atoms with Crippen LogP contribution in [0.3, 0.4) is 0 Å². The number of ether oxygens (including phenoxy) is 2. The van der Waals surface area contributed by atoms with Gasteiger partial charge in [0.2, 0.25) is 0 Å². The van der Waals surface area contributed by atoms with Gasteiger partial charge in [-0.2, -0.15) is 0 Å². The molecule has 6 nitrogen and oxygen atoms in total. The van der Waals surface area contributed by atoms with Crippen molar-refractivity contribution in [3.63, 3.8) is 0 Å². The Bertz CT molecular complexity index is 2270. The maximum absolute atomic E-state index is 13.0. The molecule has 0 aromatic heterocycles. The third kappa shape index (κ3) is 17.6. The van der Waals surface area contributed by atoms with E-state index in [1.807, 2.05) is 133 Å². The van der Waals surface area contributed by atoms with Gasteiger partial charge in [0.1, 0.15) is 17.1 Å². The highest BCUT2D eigenvalue weighted by atomic mass is 32.2. The lowest BCUT2D eigenvalue weighted by molar-refractivity contribution is -0.171. The number of aromatic hydroxyl groups is 1. The number of carbonyl (C=O) groups is 3. The molecule has 0 saturated carbocycles. The molecule has 0 fully saturated rings. The molecule has 0 unspecified atom stereocenters. The summed E-state index contributed by atoms with van der Waals surface area (Å²) in [5.74, 6) is 2.80. The number of phenols is 1. The molecule has 4 aromatic carbocycles. The van der Waals surface area contributed by atoms with Crippen molar-refractivity contribution < 1.29 is 29.0 Å². The van der Waals surface area contributed by atoms with Gasteiger partial charge < -0.3 is 14.6 Å². The second kappa shape index (κ2) is 26.1. The number of unbranched alkanes of at least 4 members (excludes halogenated alkanes) is 6. The van der Waals surface area contributed by atoms with Crippen LogP contribution in [0, 0.1) is 55.4 Å². The predicted octanol–water partition coefficient (Wildman–Crippen LogP) is 16.2. The molecule has 0 spiro atoms. The van der Waals surface area contributed by atoms with Gasteiger partial charge in [0, 0.05) is 20.9 Å². The number of benzene rings is 4. The van der Waals surface area contributed by atoms with Crippen molar-refractivity contribution in [3.8, 4) is 11.5 Å². The highest BCUT2D eigenvalue weighted by molar-refractivity contribution is 7.99. The van der Waals surface area contributed by atoms with Crippen LogP contribution in [-0.2, 0) is 9.53 Å². The van der Waals surface area contributed by atoms with Gasteiger partial charge in [-0.15, -0.1) is 23.5 Å². The van der Waals surface area contributed by atoms with E-state index in [9.17, 15) is 19.5 Å². The highest BCUT2D eigenvalue weighted by Crippen LogP contribution is 2.33. The van der Waals surface area contributed by atoms with Crippen LogP contribution in [0.4, 0.5) is 0 Å². The number of rotatable bonds is 21. The van der Waals surface area contributed by atoms with Crippen LogP contribution in [-0.4, -0.2) is 45.4 Å². The summed E-state index contributed by atoms with van der Waals surface area (Å²) in [4.78, 5) is 40.9. The van der Waals surface area contributed by atoms with E-state index in [1.165, 1.54) is 72.3 Å². The number of ketones is 2. The minimum atomic E-state index is -1.13. The number of phenolic OH excluding ortho intramolecular Hbond substituents is 1. The van der Waals surface area contributed by atoms with Crippen LogP contribution in [0.25, 0.3) is 12.2 Å². The molecule has 0 aliphatic carbocycles. The fourth-order valence-corrected chi connectivity index (χ4v) is 9.86. The van der Waals surface area contributed by atoms with Crippen molar-refractivity contribution in [2.75, 3.05) is 11.5 Å². The van der Waals surface area contributed by atoms with Crippen molar-refractivity contribution >= 4 is 53.2 Å². The lowest BCUT2D eigenvalue weighted by Crippen LogP contribution is -2.43. The molecule has 0 amide bonds. The van der Waals surface area contributed by atoms with Gasteiger partial charge in [-0.25, -0.2) is 4.79 Å². The molecule has 4 aromatic rings. The molecule has 0 radical (unpaired) electrons. The standard InChI is InChI=1S/C33H46O4S.C25H32O2S/c1-11-12-13-14-17-38-30-24(4)20-27(21-25(30)5)28(34)16-15-26-18-22(2)29(23(3)19-26)36-33(9,10)31(35)37-32(6,7)8;1-6-7-8-9-12-28-25-19(4)15-22(16-20(25)5)23(26)11-10-21-13-17(2)24(27)18(3)14-21/h15-16,18-21H,11-14,17H2,1-10H3;10-11,13-16,27H,6-9,12H2,1-5H3/b16-15+;11-10+. The van der Waals surface area contributed by atoms with Gasteiger partial charge in [0.05, 0.1) is 0 Å². The molecular formula is C58H78O6S2. The van der Waals surface area contributed by atoms with Crippen molar-refractivity contribution in [2.24, 2.45) is 0 Å². The second-order valence-electron chi connectivity index (χ2n) is 19.2. The predicted molar refractivity (Wildman–Crippen MR) is 282 cm³/mol. The Balaban J connectivity index is 0.000000367. The normalized spacial score (nSPS) is 11.8. The Morgan fingerprint density at radius 2 is 0.894 bits per heavy atom. The molecule has 8 heteroatoms. The molecule has 0 atom stereocenters. The van der Waals surface area contributed by atoms with Crippen molar-refractivity contribution in [1.29, 1.82) is 0 Å². The zero-order chi connectivity index (χ0) is 49.4. The molecule has 66 heavy (non-hydrogen) atoms. The van der Waals surface area contributed by atoms with Gasteiger partial charge in [0.15, 0.2) is 17.2 Å². The zero-order valence-electron chi connectivity index (χ0n) is 42.8. The molecule has 0 aliphatic rings. The van der Waals surface area contributed by atoms with Crippen molar-refractivity contribution in [3.05, 3.63) is 127 Å². The second-order valence-corrected chi connectivity index (χ2v) is 21.4.